The van der Waals surface area contributed by atoms with Crippen molar-refractivity contribution >= 4 is 35.1 Å². The summed E-state index contributed by atoms with van der Waals surface area (Å²) in [5.74, 6) is -1.21. The summed E-state index contributed by atoms with van der Waals surface area (Å²) in [6, 6.07) is 15.0. The van der Waals surface area contributed by atoms with Crippen molar-refractivity contribution < 1.29 is 19.4 Å². The molecule has 4 atom stereocenters. The summed E-state index contributed by atoms with van der Waals surface area (Å²) in [6.45, 7) is 7.58. The summed E-state index contributed by atoms with van der Waals surface area (Å²) in [7, 11) is 0. The van der Waals surface area contributed by atoms with Crippen LogP contribution in [0.5, 0.6) is 0 Å². The zero-order chi connectivity index (χ0) is 25.9. The van der Waals surface area contributed by atoms with E-state index in [1.165, 1.54) is 0 Å². The Labute approximate surface area is 223 Å². The highest BCUT2D eigenvalue weighted by atomic mass is 35.5. The number of morpholine rings is 1. The predicted octanol–water partition coefficient (Wildman–Crippen LogP) is 5.64. The van der Waals surface area contributed by atoms with E-state index >= 15 is 0 Å². The Morgan fingerprint density at radius 1 is 1.11 bits per heavy atom. The first-order valence-corrected chi connectivity index (χ1v) is 13.3. The lowest BCUT2D eigenvalue weighted by Crippen LogP contribution is -2.58. The smallest absolute Gasteiger partial charge is 0.304 e. The molecule has 0 aromatic heterocycles. The van der Waals surface area contributed by atoms with Crippen LogP contribution in [-0.2, 0) is 14.3 Å². The fourth-order valence-corrected chi connectivity index (χ4v) is 6.10. The average molecular weight is 533 g/mol. The predicted molar refractivity (Wildman–Crippen MR) is 142 cm³/mol. The van der Waals surface area contributed by atoms with Gasteiger partial charge in [-0.05, 0) is 48.2 Å². The molecule has 2 aliphatic rings. The van der Waals surface area contributed by atoms with Gasteiger partial charge in [-0.1, -0.05) is 61.3 Å². The van der Waals surface area contributed by atoms with Gasteiger partial charge in [-0.25, -0.2) is 0 Å². The minimum Gasteiger partial charge on any atom is -0.481 e. The highest BCUT2D eigenvalue weighted by Gasteiger charge is 2.52. The van der Waals surface area contributed by atoms with Crippen LogP contribution in [0, 0.1) is 5.41 Å². The number of benzene rings is 2. The third-order valence-electron chi connectivity index (χ3n) is 7.57. The first-order valence-electron chi connectivity index (χ1n) is 12.6. The van der Waals surface area contributed by atoms with Crippen molar-refractivity contribution in [3.05, 3.63) is 69.7 Å². The van der Waals surface area contributed by atoms with Crippen LogP contribution in [-0.4, -0.2) is 65.7 Å². The Balaban J connectivity index is 1.84. The fraction of sp³-hybridized carbons (Fsp3) is 0.500. The largest absolute Gasteiger partial charge is 0.481 e. The monoisotopic (exact) mass is 532 g/mol. The van der Waals surface area contributed by atoms with Gasteiger partial charge >= 0.3 is 5.97 Å². The molecule has 0 bridgehead atoms. The van der Waals surface area contributed by atoms with Crippen LogP contribution < -0.4 is 0 Å². The molecular weight excluding hydrogens is 499 g/mol. The van der Waals surface area contributed by atoms with Crippen LogP contribution in [0.4, 0.5) is 0 Å². The topological polar surface area (TPSA) is 70.1 Å². The van der Waals surface area contributed by atoms with E-state index in [9.17, 15) is 14.7 Å². The summed E-state index contributed by atoms with van der Waals surface area (Å²) < 4.78 is 5.53. The van der Waals surface area contributed by atoms with E-state index in [1.54, 1.807) is 6.92 Å². The third-order valence-corrected chi connectivity index (χ3v) is 8.06. The Bertz CT molecular complexity index is 1070. The molecule has 6 nitrogen and oxygen atoms in total. The molecule has 194 valence electrons. The molecule has 0 saturated carbocycles. The molecule has 2 fully saturated rings. The third kappa shape index (κ3) is 5.88. The van der Waals surface area contributed by atoms with Crippen molar-refractivity contribution in [2.75, 3.05) is 32.8 Å². The molecule has 4 rings (SSSR count). The van der Waals surface area contributed by atoms with E-state index in [-0.39, 0.29) is 30.3 Å². The van der Waals surface area contributed by atoms with Gasteiger partial charge in [0.05, 0.1) is 31.1 Å². The number of carbonyl (C=O) groups excluding carboxylic acids is 1. The van der Waals surface area contributed by atoms with Gasteiger partial charge in [-0.15, -0.1) is 0 Å². The minimum absolute atomic E-state index is 0.0913. The van der Waals surface area contributed by atoms with E-state index in [4.69, 9.17) is 27.9 Å². The van der Waals surface area contributed by atoms with Gasteiger partial charge in [-0.2, -0.15) is 0 Å². The van der Waals surface area contributed by atoms with E-state index in [1.807, 2.05) is 53.4 Å². The Morgan fingerprint density at radius 3 is 2.42 bits per heavy atom. The molecule has 36 heavy (non-hydrogen) atoms. The molecule has 2 heterocycles. The van der Waals surface area contributed by atoms with E-state index < -0.39 is 11.4 Å². The maximum atomic E-state index is 14.3. The summed E-state index contributed by atoms with van der Waals surface area (Å²) >= 11 is 12.6. The molecule has 2 aromatic rings. The van der Waals surface area contributed by atoms with Crippen molar-refractivity contribution in [1.82, 2.24) is 9.80 Å². The molecular formula is C28H34Cl2N2O4. The molecule has 0 aliphatic carbocycles. The lowest BCUT2D eigenvalue weighted by molar-refractivity contribution is -0.161. The lowest BCUT2D eigenvalue weighted by Gasteiger charge is -2.52. The Morgan fingerprint density at radius 2 is 1.81 bits per heavy atom. The highest BCUT2D eigenvalue weighted by molar-refractivity contribution is 6.30. The van der Waals surface area contributed by atoms with Crippen LogP contribution in [0.1, 0.15) is 56.2 Å². The number of amides is 1. The van der Waals surface area contributed by atoms with Crippen molar-refractivity contribution in [3.8, 4) is 0 Å². The van der Waals surface area contributed by atoms with E-state index in [0.29, 0.717) is 36.2 Å². The number of carboxylic acid groups (broad SMARTS) is 1. The number of piperidine rings is 1. The number of rotatable bonds is 8. The number of hydrogen-bond acceptors (Lipinski definition) is 4. The minimum atomic E-state index is -1.04. The Hall–Kier alpha value is -2.12. The first-order chi connectivity index (χ1) is 17.2. The van der Waals surface area contributed by atoms with Crippen molar-refractivity contribution in [2.24, 2.45) is 5.41 Å². The van der Waals surface area contributed by atoms with Crippen LogP contribution >= 0.6 is 23.2 Å². The van der Waals surface area contributed by atoms with Crippen molar-refractivity contribution in [2.45, 2.75) is 51.1 Å². The maximum absolute atomic E-state index is 14.3. The van der Waals surface area contributed by atoms with Crippen LogP contribution in [0.15, 0.2) is 48.5 Å². The summed E-state index contributed by atoms with van der Waals surface area (Å²) in [4.78, 5) is 30.5. The number of hydrogen-bond donors (Lipinski definition) is 1. The number of halogens is 2. The second-order valence-electron chi connectivity index (χ2n) is 10.2. The normalized spacial score (nSPS) is 26.1. The number of ether oxygens (including phenoxy) is 1. The molecule has 8 heteroatoms. The summed E-state index contributed by atoms with van der Waals surface area (Å²) in [6.07, 6.45) is 0.940. The molecule has 2 aliphatic heterocycles. The van der Waals surface area contributed by atoms with Gasteiger partial charge in [0.15, 0.2) is 0 Å². The van der Waals surface area contributed by atoms with Gasteiger partial charge in [-0.3, -0.25) is 14.5 Å². The summed E-state index contributed by atoms with van der Waals surface area (Å²) in [5, 5.41) is 11.0. The van der Waals surface area contributed by atoms with Crippen LogP contribution in [0.25, 0.3) is 0 Å². The average Bonchev–Trinajstić information content (AvgIpc) is 2.85. The molecule has 1 amide bonds. The molecule has 2 saturated heterocycles. The zero-order valence-electron chi connectivity index (χ0n) is 20.8. The summed E-state index contributed by atoms with van der Waals surface area (Å²) in [5.41, 5.74) is 0.938. The number of aliphatic carboxylic acids is 1. The molecule has 2 aromatic carbocycles. The fourth-order valence-electron chi connectivity index (χ4n) is 5.78. The van der Waals surface area contributed by atoms with Gasteiger partial charge in [0, 0.05) is 41.6 Å². The molecule has 0 spiro atoms. The second-order valence-corrected chi connectivity index (χ2v) is 11.1. The zero-order valence-corrected chi connectivity index (χ0v) is 22.3. The number of carboxylic acids is 1. The van der Waals surface area contributed by atoms with E-state index in [0.717, 1.165) is 30.6 Å². The quantitative estimate of drug-likeness (QED) is 0.476. The number of carbonyl (C=O) groups is 2. The van der Waals surface area contributed by atoms with Gasteiger partial charge < -0.3 is 14.7 Å². The first kappa shape index (κ1) is 26.9. The highest BCUT2D eigenvalue weighted by Crippen LogP contribution is 2.52. The van der Waals surface area contributed by atoms with E-state index in [2.05, 4.69) is 11.8 Å². The van der Waals surface area contributed by atoms with Crippen LogP contribution in [0.2, 0.25) is 10.0 Å². The Kier molecular flexibility index (Phi) is 8.61. The van der Waals surface area contributed by atoms with Crippen LogP contribution in [0.3, 0.4) is 0 Å². The standard InChI is InChI=1S/C28H34Cl2N2O4/c1-3-23(18-31-11-13-36-14-12-31)32-26(19-7-9-21(29)10-8-19)24(20-5-4-6-22(30)15-20)16-28(2,27(32)35)17-25(33)34/h4-10,15,23-24,26H,3,11-14,16-18H2,1-2H3,(H,33,34)/t23-,24+,26+,28-/m0/s1. The maximum Gasteiger partial charge on any atom is 0.304 e. The van der Waals surface area contributed by atoms with Crippen molar-refractivity contribution in [3.63, 3.8) is 0 Å². The van der Waals surface area contributed by atoms with Gasteiger partial charge in [0.2, 0.25) is 5.91 Å². The molecule has 1 N–H and O–H groups in total. The van der Waals surface area contributed by atoms with Gasteiger partial charge in [0.1, 0.15) is 0 Å². The SMILES string of the molecule is CC[C@@H](CN1CCOCC1)N1C(=O)[C@](C)(CC(=O)O)C[C@H](c2cccc(Cl)c2)[C@H]1c1ccc(Cl)cc1. The lowest BCUT2D eigenvalue weighted by atomic mass is 9.67. The number of likely N-dealkylation sites (tertiary alicyclic amines) is 1. The van der Waals surface area contributed by atoms with Crippen molar-refractivity contribution in [1.29, 1.82) is 0 Å². The molecule has 0 radical (unpaired) electrons. The number of nitrogens with zero attached hydrogens (tertiary/aromatic N) is 2. The van der Waals surface area contributed by atoms with Gasteiger partial charge in [0.25, 0.3) is 0 Å². The molecule has 0 unspecified atom stereocenters. The second kappa shape index (κ2) is 11.5.